The van der Waals surface area contributed by atoms with Crippen molar-refractivity contribution in [2.45, 2.75) is 51.0 Å². The number of hydrogen-bond donors (Lipinski definition) is 0. The molecule has 0 spiro atoms. The quantitative estimate of drug-likeness (QED) is 0.688. The van der Waals surface area contributed by atoms with Gasteiger partial charge in [0, 0.05) is 35.8 Å². The molecule has 80 valence electrons. The van der Waals surface area contributed by atoms with Gasteiger partial charge in [-0.2, -0.15) is 0 Å². The van der Waals surface area contributed by atoms with Gasteiger partial charge in [0.1, 0.15) is 0 Å². The highest BCUT2D eigenvalue weighted by Gasteiger charge is 2.42. The molecule has 0 amide bonds. The number of ketones is 1. The molecule has 2 aliphatic rings. The Balaban J connectivity index is 2.24. The predicted molar refractivity (Wildman–Crippen MR) is 59.2 cm³/mol. The molecule has 0 N–H and O–H groups in total. The molecule has 0 radical (unpaired) electrons. The Morgan fingerprint density at radius 2 is 2.33 bits per heavy atom. The highest BCUT2D eigenvalue weighted by molar-refractivity contribution is 5.99. The molecular formula is C13H17NO. The molecule has 1 atom stereocenters. The second-order valence-corrected chi connectivity index (χ2v) is 4.93. The van der Waals surface area contributed by atoms with Crippen LogP contribution in [0.25, 0.3) is 0 Å². The summed E-state index contributed by atoms with van der Waals surface area (Å²) in [5.74, 6) is 0.356. The van der Waals surface area contributed by atoms with E-state index in [9.17, 15) is 4.79 Å². The zero-order valence-electron chi connectivity index (χ0n) is 9.25. The van der Waals surface area contributed by atoms with Crippen LogP contribution in [0.1, 0.15) is 55.1 Å². The highest BCUT2D eigenvalue weighted by Crippen LogP contribution is 2.46. The lowest BCUT2D eigenvalue weighted by molar-refractivity contribution is 0.0937. The molecule has 0 fully saturated rings. The van der Waals surface area contributed by atoms with Gasteiger partial charge < -0.3 is 4.57 Å². The van der Waals surface area contributed by atoms with Gasteiger partial charge in [0.25, 0.3) is 0 Å². The van der Waals surface area contributed by atoms with E-state index in [4.69, 9.17) is 0 Å². The summed E-state index contributed by atoms with van der Waals surface area (Å²) in [5.41, 5.74) is 2.70. The predicted octanol–water partition coefficient (Wildman–Crippen LogP) is 2.91. The second kappa shape index (κ2) is 2.97. The van der Waals surface area contributed by atoms with E-state index in [1.807, 2.05) is 6.07 Å². The van der Waals surface area contributed by atoms with Crippen LogP contribution < -0.4 is 0 Å². The Bertz CT molecular complexity index is 418. The van der Waals surface area contributed by atoms with Crippen LogP contribution in [0.2, 0.25) is 0 Å². The van der Waals surface area contributed by atoms with Gasteiger partial charge in [-0.25, -0.2) is 0 Å². The van der Waals surface area contributed by atoms with E-state index in [2.05, 4.69) is 17.7 Å². The van der Waals surface area contributed by atoms with Crippen molar-refractivity contribution < 1.29 is 4.79 Å². The minimum Gasteiger partial charge on any atom is -0.350 e. The standard InChI is InChI=1S/C13H17NO/c1-2-13-6-3-8-14-9-5-10(12(13)14)11(15)4-7-13/h5,9H,2-4,6-8H2,1H3/t13-/m1/s1. The zero-order valence-corrected chi connectivity index (χ0v) is 9.25. The van der Waals surface area contributed by atoms with Gasteiger partial charge in [-0.15, -0.1) is 0 Å². The molecule has 2 heterocycles. The van der Waals surface area contributed by atoms with E-state index in [-0.39, 0.29) is 0 Å². The van der Waals surface area contributed by atoms with Crippen LogP contribution in [0.15, 0.2) is 12.3 Å². The fourth-order valence-corrected chi connectivity index (χ4v) is 3.43. The summed E-state index contributed by atoms with van der Waals surface area (Å²) in [4.78, 5) is 11.8. The maximum atomic E-state index is 11.8. The van der Waals surface area contributed by atoms with E-state index in [0.717, 1.165) is 24.9 Å². The number of aryl methyl sites for hydroxylation is 1. The van der Waals surface area contributed by atoms with Crippen molar-refractivity contribution in [3.05, 3.63) is 23.5 Å². The van der Waals surface area contributed by atoms with E-state index in [1.54, 1.807) is 0 Å². The van der Waals surface area contributed by atoms with Gasteiger partial charge >= 0.3 is 0 Å². The van der Waals surface area contributed by atoms with Crippen molar-refractivity contribution in [2.24, 2.45) is 0 Å². The van der Waals surface area contributed by atoms with Gasteiger partial charge in [0.2, 0.25) is 0 Å². The first kappa shape index (κ1) is 9.20. The molecule has 1 aromatic rings. The number of carbonyl (C=O) groups excluding carboxylic acids is 1. The first-order chi connectivity index (χ1) is 7.27. The maximum absolute atomic E-state index is 11.8. The third-order valence-corrected chi connectivity index (χ3v) is 4.33. The lowest BCUT2D eigenvalue weighted by Gasteiger charge is -2.41. The molecule has 1 aliphatic carbocycles. The van der Waals surface area contributed by atoms with Crippen molar-refractivity contribution >= 4 is 5.78 Å². The summed E-state index contributed by atoms with van der Waals surface area (Å²) in [6.07, 6.45) is 7.65. The van der Waals surface area contributed by atoms with Crippen LogP contribution in [-0.2, 0) is 12.0 Å². The van der Waals surface area contributed by atoms with E-state index < -0.39 is 0 Å². The largest absolute Gasteiger partial charge is 0.350 e. The number of rotatable bonds is 1. The van der Waals surface area contributed by atoms with Crippen LogP contribution in [-0.4, -0.2) is 10.4 Å². The van der Waals surface area contributed by atoms with Gasteiger partial charge in [0.15, 0.2) is 5.78 Å². The Labute approximate surface area is 90.3 Å². The second-order valence-electron chi connectivity index (χ2n) is 4.93. The third kappa shape index (κ3) is 1.08. The topological polar surface area (TPSA) is 22.0 Å². The van der Waals surface area contributed by atoms with Crippen molar-refractivity contribution in [2.75, 3.05) is 0 Å². The van der Waals surface area contributed by atoms with E-state index in [0.29, 0.717) is 11.2 Å². The molecule has 15 heavy (non-hydrogen) atoms. The van der Waals surface area contributed by atoms with Crippen molar-refractivity contribution in [1.82, 2.24) is 4.57 Å². The molecule has 0 saturated heterocycles. The summed E-state index contributed by atoms with van der Waals surface area (Å²) < 4.78 is 2.32. The first-order valence-electron chi connectivity index (χ1n) is 6.00. The summed E-state index contributed by atoms with van der Waals surface area (Å²) in [7, 11) is 0. The SMILES string of the molecule is CC[C@]12CCCn3ccc(c31)C(=O)CC2. The average Bonchev–Trinajstić information content (AvgIpc) is 2.70. The van der Waals surface area contributed by atoms with E-state index >= 15 is 0 Å². The number of aromatic nitrogens is 1. The zero-order chi connectivity index (χ0) is 10.5. The Morgan fingerprint density at radius 3 is 3.13 bits per heavy atom. The summed E-state index contributed by atoms with van der Waals surface area (Å²) in [6.45, 7) is 3.37. The van der Waals surface area contributed by atoms with Crippen LogP contribution in [0.4, 0.5) is 0 Å². The monoisotopic (exact) mass is 203 g/mol. The van der Waals surface area contributed by atoms with Crippen molar-refractivity contribution in [3.63, 3.8) is 0 Å². The molecular weight excluding hydrogens is 186 g/mol. The average molecular weight is 203 g/mol. The van der Waals surface area contributed by atoms with Gasteiger partial charge in [0.05, 0.1) is 0 Å². The number of carbonyl (C=O) groups is 1. The molecule has 0 unspecified atom stereocenters. The molecule has 2 nitrogen and oxygen atoms in total. The summed E-state index contributed by atoms with van der Waals surface area (Å²) in [5, 5.41) is 0. The number of hydrogen-bond acceptors (Lipinski definition) is 1. The molecule has 1 aromatic heterocycles. The Kier molecular flexibility index (Phi) is 1.82. The Hall–Kier alpha value is -1.05. The molecule has 0 bridgehead atoms. The fourth-order valence-electron chi connectivity index (χ4n) is 3.43. The highest BCUT2D eigenvalue weighted by atomic mass is 16.1. The normalized spacial score (nSPS) is 29.0. The number of nitrogens with zero attached hydrogens (tertiary/aromatic N) is 1. The summed E-state index contributed by atoms with van der Waals surface area (Å²) in [6, 6.07) is 2.03. The minimum absolute atomic E-state index is 0.324. The van der Waals surface area contributed by atoms with Crippen LogP contribution >= 0.6 is 0 Å². The minimum atomic E-state index is 0.324. The van der Waals surface area contributed by atoms with Gasteiger partial charge in [-0.1, -0.05) is 6.92 Å². The maximum Gasteiger partial charge on any atom is 0.164 e. The molecule has 1 aliphatic heterocycles. The fraction of sp³-hybridized carbons (Fsp3) is 0.615. The van der Waals surface area contributed by atoms with Crippen LogP contribution in [0.5, 0.6) is 0 Å². The smallest absolute Gasteiger partial charge is 0.164 e. The van der Waals surface area contributed by atoms with Crippen LogP contribution in [0, 0.1) is 0 Å². The van der Waals surface area contributed by atoms with Gasteiger partial charge in [-0.05, 0) is 31.7 Å². The van der Waals surface area contributed by atoms with E-state index in [1.165, 1.54) is 25.0 Å². The number of Topliss-reactive ketones (excluding diaryl/α,β-unsaturated/α-hetero) is 1. The lowest BCUT2D eigenvalue weighted by Crippen LogP contribution is -2.37. The lowest BCUT2D eigenvalue weighted by atomic mass is 9.67. The summed E-state index contributed by atoms with van der Waals surface area (Å²) >= 11 is 0. The molecule has 0 saturated carbocycles. The van der Waals surface area contributed by atoms with Crippen LogP contribution in [0.3, 0.4) is 0 Å². The third-order valence-electron chi connectivity index (χ3n) is 4.33. The molecule has 3 rings (SSSR count). The van der Waals surface area contributed by atoms with Crippen molar-refractivity contribution in [1.29, 1.82) is 0 Å². The Morgan fingerprint density at radius 1 is 1.47 bits per heavy atom. The molecule has 0 aromatic carbocycles. The van der Waals surface area contributed by atoms with Gasteiger partial charge in [-0.3, -0.25) is 4.79 Å². The first-order valence-corrected chi connectivity index (χ1v) is 6.00. The molecule has 2 heteroatoms. The van der Waals surface area contributed by atoms with Crippen molar-refractivity contribution in [3.8, 4) is 0 Å².